The van der Waals surface area contributed by atoms with Gasteiger partial charge in [-0.1, -0.05) is 17.7 Å². The lowest BCUT2D eigenvalue weighted by Crippen LogP contribution is -2.10. The summed E-state index contributed by atoms with van der Waals surface area (Å²) in [5.41, 5.74) is 2.86. The highest BCUT2D eigenvalue weighted by molar-refractivity contribution is 6.30. The maximum Gasteiger partial charge on any atom is 0.229 e. The van der Waals surface area contributed by atoms with Gasteiger partial charge in [-0.25, -0.2) is 4.98 Å². The molecule has 0 saturated carbocycles. The number of ether oxygens (including phenoxy) is 1. The number of rotatable bonds is 6. The highest BCUT2D eigenvalue weighted by atomic mass is 35.5. The number of anilines is 3. The number of hydrogen-bond acceptors (Lipinski definition) is 5. The maximum atomic E-state index is 6.02. The second-order valence-corrected chi connectivity index (χ2v) is 5.16. The van der Waals surface area contributed by atoms with Gasteiger partial charge in [-0.3, -0.25) is 0 Å². The Balaban J connectivity index is 2.17. The second-order valence-electron chi connectivity index (χ2n) is 4.72. The topological polar surface area (TPSA) is 59.1 Å². The largest absolute Gasteiger partial charge is 0.383 e. The standard InChI is InChI=1S/C15H19ClN4O/c1-10-4-5-12(16)9-13(10)19-15-18-11(2)8-14(20-15)17-6-7-21-3/h4-5,8-9H,6-7H2,1-3H3,(H2,17,18,19,20). The first-order valence-corrected chi connectivity index (χ1v) is 7.08. The van der Waals surface area contributed by atoms with E-state index >= 15 is 0 Å². The average Bonchev–Trinajstić information content (AvgIpc) is 2.43. The number of nitrogens with one attached hydrogen (secondary N) is 2. The third-order valence-electron chi connectivity index (χ3n) is 2.91. The summed E-state index contributed by atoms with van der Waals surface area (Å²) in [5, 5.41) is 7.08. The molecule has 1 aromatic heterocycles. The van der Waals surface area contributed by atoms with Gasteiger partial charge in [0, 0.05) is 36.1 Å². The minimum Gasteiger partial charge on any atom is -0.383 e. The maximum absolute atomic E-state index is 6.02. The first kappa shape index (κ1) is 15.5. The van der Waals surface area contributed by atoms with Crippen LogP contribution in [-0.2, 0) is 4.74 Å². The van der Waals surface area contributed by atoms with Crippen molar-refractivity contribution in [3.63, 3.8) is 0 Å². The molecule has 0 spiro atoms. The molecule has 112 valence electrons. The number of aryl methyl sites for hydroxylation is 2. The first-order chi connectivity index (χ1) is 10.1. The van der Waals surface area contributed by atoms with Gasteiger partial charge < -0.3 is 15.4 Å². The van der Waals surface area contributed by atoms with Crippen LogP contribution in [0.25, 0.3) is 0 Å². The van der Waals surface area contributed by atoms with E-state index in [0.717, 1.165) is 22.8 Å². The third-order valence-corrected chi connectivity index (χ3v) is 3.15. The zero-order valence-corrected chi connectivity index (χ0v) is 13.2. The van der Waals surface area contributed by atoms with E-state index in [0.29, 0.717) is 24.1 Å². The number of aromatic nitrogens is 2. The van der Waals surface area contributed by atoms with Crippen LogP contribution in [0.3, 0.4) is 0 Å². The highest BCUT2D eigenvalue weighted by Gasteiger charge is 2.05. The van der Waals surface area contributed by atoms with E-state index in [1.54, 1.807) is 7.11 Å². The highest BCUT2D eigenvalue weighted by Crippen LogP contribution is 2.23. The Bertz CT molecular complexity index is 619. The van der Waals surface area contributed by atoms with Crippen molar-refractivity contribution in [3.8, 4) is 0 Å². The van der Waals surface area contributed by atoms with Crippen molar-refractivity contribution in [3.05, 3.63) is 40.5 Å². The van der Waals surface area contributed by atoms with E-state index in [-0.39, 0.29) is 0 Å². The molecular weight excluding hydrogens is 288 g/mol. The predicted molar refractivity (Wildman–Crippen MR) is 86.6 cm³/mol. The van der Waals surface area contributed by atoms with Gasteiger partial charge in [0.2, 0.25) is 5.95 Å². The molecule has 0 aliphatic heterocycles. The van der Waals surface area contributed by atoms with Gasteiger partial charge in [0.05, 0.1) is 6.61 Å². The Hall–Kier alpha value is -1.85. The average molecular weight is 307 g/mol. The Morgan fingerprint density at radius 2 is 2.00 bits per heavy atom. The van der Waals surface area contributed by atoms with Crippen LogP contribution >= 0.6 is 11.6 Å². The molecule has 2 rings (SSSR count). The molecule has 2 aromatic rings. The lowest BCUT2D eigenvalue weighted by Gasteiger charge is -2.11. The zero-order chi connectivity index (χ0) is 15.2. The van der Waals surface area contributed by atoms with Crippen LogP contribution in [0.1, 0.15) is 11.3 Å². The van der Waals surface area contributed by atoms with Crippen molar-refractivity contribution in [1.82, 2.24) is 9.97 Å². The van der Waals surface area contributed by atoms with Gasteiger partial charge in [0.15, 0.2) is 0 Å². The van der Waals surface area contributed by atoms with Crippen LogP contribution in [0.2, 0.25) is 5.02 Å². The van der Waals surface area contributed by atoms with Gasteiger partial charge in [-0.2, -0.15) is 4.98 Å². The van der Waals surface area contributed by atoms with Crippen LogP contribution < -0.4 is 10.6 Å². The quantitative estimate of drug-likeness (QED) is 0.799. The molecule has 0 aliphatic rings. The Labute approximate surface area is 129 Å². The molecule has 21 heavy (non-hydrogen) atoms. The lowest BCUT2D eigenvalue weighted by molar-refractivity contribution is 0.210. The summed E-state index contributed by atoms with van der Waals surface area (Å²) in [6.45, 7) is 5.26. The smallest absolute Gasteiger partial charge is 0.229 e. The molecular formula is C15H19ClN4O. The molecule has 0 fully saturated rings. The number of benzene rings is 1. The molecule has 5 nitrogen and oxygen atoms in total. The Morgan fingerprint density at radius 3 is 2.76 bits per heavy atom. The SMILES string of the molecule is COCCNc1cc(C)nc(Nc2cc(Cl)ccc2C)n1. The molecule has 1 aromatic carbocycles. The molecule has 0 atom stereocenters. The zero-order valence-electron chi connectivity index (χ0n) is 12.4. The summed E-state index contributed by atoms with van der Waals surface area (Å²) in [6, 6.07) is 7.57. The fraction of sp³-hybridized carbons (Fsp3) is 0.333. The van der Waals surface area contributed by atoms with Gasteiger partial charge in [-0.05, 0) is 31.5 Å². The second kappa shape index (κ2) is 7.24. The van der Waals surface area contributed by atoms with Crippen LogP contribution in [0.5, 0.6) is 0 Å². The third kappa shape index (κ3) is 4.58. The fourth-order valence-electron chi connectivity index (χ4n) is 1.85. The lowest BCUT2D eigenvalue weighted by atomic mass is 10.2. The fourth-order valence-corrected chi connectivity index (χ4v) is 2.02. The van der Waals surface area contributed by atoms with Crippen molar-refractivity contribution in [2.24, 2.45) is 0 Å². The van der Waals surface area contributed by atoms with Crippen LogP contribution in [-0.4, -0.2) is 30.2 Å². The summed E-state index contributed by atoms with van der Waals surface area (Å²) in [5.74, 6) is 1.31. The molecule has 0 amide bonds. The van der Waals surface area contributed by atoms with Gasteiger partial charge in [-0.15, -0.1) is 0 Å². The molecule has 0 aliphatic carbocycles. The van der Waals surface area contributed by atoms with Crippen molar-refractivity contribution in [2.75, 3.05) is 30.9 Å². The van der Waals surface area contributed by atoms with Crippen molar-refractivity contribution >= 4 is 29.1 Å². The molecule has 1 heterocycles. The minimum absolute atomic E-state index is 0.542. The Morgan fingerprint density at radius 1 is 1.19 bits per heavy atom. The summed E-state index contributed by atoms with van der Waals surface area (Å²) >= 11 is 6.02. The molecule has 6 heteroatoms. The van der Waals surface area contributed by atoms with E-state index < -0.39 is 0 Å². The van der Waals surface area contributed by atoms with E-state index in [1.165, 1.54) is 0 Å². The minimum atomic E-state index is 0.542. The van der Waals surface area contributed by atoms with E-state index in [2.05, 4.69) is 20.6 Å². The van der Waals surface area contributed by atoms with Crippen molar-refractivity contribution in [1.29, 1.82) is 0 Å². The summed E-state index contributed by atoms with van der Waals surface area (Å²) in [6.07, 6.45) is 0. The summed E-state index contributed by atoms with van der Waals surface area (Å²) in [4.78, 5) is 8.83. The monoisotopic (exact) mass is 306 g/mol. The normalized spacial score (nSPS) is 10.5. The molecule has 0 bridgehead atoms. The van der Waals surface area contributed by atoms with Gasteiger partial charge >= 0.3 is 0 Å². The number of methoxy groups -OCH3 is 1. The Kier molecular flexibility index (Phi) is 5.36. The predicted octanol–water partition coefficient (Wildman–Crippen LogP) is 3.55. The van der Waals surface area contributed by atoms with Crippen LogP contribution in [0.15, 0.2) is 24.3 Å². The van der Waals surface area contributed by atoms with E-state index in [9.17, 15) is 0 Å². The van der Waals surface area contributed by atoms with Crippen LogP contribution in [0, 0.1) is 13.8 Å². The summed E-state index contributed by atoms with van der Waals surface area (Å²) < 4.78 is 5.01. The van der Waals surface area contributed by atoms with Gasteiger partial charge in [0.25, 0.3) is 0 Å². The molecule has 0 unspecified atom stereocenters. The molecule has 0 radical (unpaired) electrons. The number of hydrogen-bond donors (Lipinski definition) is 2. The number of nitrogens with zero attached hydrogens (tertiary/aromatic N) is 2. The molecule has 2 N–H and O–H groups in total. The number of halogens is 1. The van der Waals surface area contributed by atoms with Gasteiger partial charge in [0.1, 0.15) is 5.82 Å². The van der Waals surface area contributed by atoms with E-state index in [1.807, 2.05) is 38.1 Å². The first-order valence-electron chi connectivity index (χ1n) is 6.70. The molecule has 0 saturated heterocycles. The summed E-state index contributed by atoms with van der Waals surface area (Å²) in [7, 11) is 1.67. The van der Waals surface area contributed by atoms with Crippen molar-refractivity contribution in [2.45, 2.75) is 13.8 Å². The van der Waals surface area contributed by atoms with Crippen LogP contribution in [0.4, 0.5) is 17.5 Å². The van der Waals surface area contributed by atoms with E-state index in [4.69, 9.17) is 16.3 Å². The van der Waals surface area contributed by atoms with Crippen molar-refractivity contribution < 1.29 is 4.74 Å².